The Hall–Kier alpha value is -4.29. The molecule has 1 fully saturated rings. The Morgan fingerprint density at radius 1 is 0.824 bits per heavy atom. The summed E-state index contributed by atoms with van der Waals surface area (Å²) in [6.07, 6.45) is 6.02. The van der Waals surface area contributed by atoms with Gasteiger partial charge in [0.05, 0.1) is 11.9 Å². The van der Waals surface area contributed by atoms with Crippen LogP contribution in [0, 0.1) is 17.2 Å². The van der Waals surface area contributed by atoms with E-state index in [0.29, 0.717) is 57.7 Å². The third kappa shape index (κ3) is 14.8. The van der Waals surface area contributed by atoms with E-state index in [-0.39, 0.29) is 24.1 Å². The minimum Gasteiger partial charge on any atom is -0.388 e. The molecule has 5 atom stereocenters. The number of benzene rings is 2. The first kappa shape index (κ1) is 41.1. The van der Waals surface area contributed by atoms with Crippen molar-refractivity contribution in [2.75, 3.05) is 26.7 Å². The fourth-order valence-corrected chi connectivity index (χ4v) is 6.54. The Balaban J connectivity index is 1.75. The van der Waals surface area contributed by atoms with Gasteiger partial charge in [0.25, 0.3) is 0 Å². The molecule has 0 saturated carbocycles. The number of hydrogen-bond acceptors (Lipinski definition) is 7. The van der Waals surface area contributed by atoms with Gasteiger partial charge >= 0.3 is 0 Å². The summed E-state index contributed by atoms with van der Waals surface area (Å²) in [4.78, 5) is 57.0. The highest BCUT2D eigenvalue weighted by molar-refractivity contribution is 5.95. The lowest BCUT2D eigenvalue weighted by Crippen LogP contribution is -2.58. The molecule has 3 rings (SSSR count). The van der Waals surface area contributed by atoms with Gasteiger partial charge in [-0.25, -0.2) is 0 Å². The van der Waals surface area contributed by atoms with Gasteiger partial charge in [-0.05, 0) is 87.9 Å². The van der Waals surface area contributed by atoms with Crippen LogP contribution in [-0.2, 0) is 32.0 Å². The number of hydrogen-bond donors (Lipinski definition) is 7. The van der Waals surface area contributed by atoms with Crippen molar-refractivity contribution < 1.29 is 19.2 Å². The van der Waals surface area contributed by atoms with Crippen molar-refractivity contribution >= 4 is 29.5 Å². The highest BCUT2D eigenvalue weighted by Gasteiger charge is 2.33. The van der Waals surface area contributed by atoms with Crippen LogP contribution in [0.3, 0.4) is 0 Å². The number of likely N-dealkylation sites (tertiary alicyclic amines) is 1. The molecule has 12 nitrogen and oxygen atoms in total. The molecule has 0 bridgehead atoms. The van der Waals surface area contributed by atoms with Gasteiger partial charge in [-0.3, -0.25) is 24.6 Å². The Bertz CT molecular complexity index is 1390. The lowest BCUT2D eigenvalue weighted by atomic mass is 9.95. The van der Waals surface area contributed by atoms with E-state index in [0.717, 1.165) is 36.8 Å². The Morgan fingerprint density at radius 3 is 2.02 bits per heavy atom. The van der Waals surface area contributed by atoms with Crippen molar-refractivity contribution in [3.8, 4) is 0 Å². The predicted octanol–water partition coefficient (Wildman–Crippen LogP) is 2.64. The Morgan fingerprint density at radius 2 is 1.41 bits per heavy atom. The number of nitrogens with one attached hydrogen (secondary N) is 5. The number of nitrogens with zero attached hydrogens (tertiary/aromatic N) is 1. The lowest BCUT2D eigenvalue weighted by Gasteiger charge is -2.29. The van der Waals surface area contributed by atoms with Gasteiger partial charge in [-0.1, -0.05) is 74.5 Å². The van der Waals surface area contributed by atoms with Gasteiger partial charge in [0, 0.05) is 25.9 Å². The summed E-state index contributed by atoms with van der Waals surface area (Å²) in [6, 6.07) is 15.3. The van der Waals surface area contributed by atoms with Crippen LogP contribution < -0.4 is 32.7 Å². The van der Waals surface area contributed by atoms with E-state index in [1.165, 1.54) is 0 Å². The number of nitrogens with two attached hydrogens (primary N) is 2. The summed E-state index contributed by atoms with van der Waals surface area (Å²) in [6.45, 7) is 5.81. The molecule has 9 N–H and O–H groups in total. The van der Waals surface area contributed by atoms with E-state index in [4.69, 9.17) is 16.9 Å². The maximum atomic E-state index is 14.0. The number of carbonyl (C=O) groups is 4. The summed E-state index contributed by atoms with van der Waals surface area (Å²) >= 11 is 0. The molecule has 0 radical (unpaired) electrons. The lowest BCUT2D eigenvalue weighted by molar-refractivity contribution is -0.138. The number of carbonyl (C=O) groups excluding carboxylic acids is 4. The van der Waals surface area contributed by atoms with Crippen LogP contribution >= 0.6 is 0 Å². The van der Waals surface area contributed by atoms with Crippen LogP contribution in [-0.4, -0.2) is 85.2 Å². The van der Waals surface area contributed by atoms with Crippen molar-refractivity contribution in [3.05, 3.63) is 71.8 Å². The molecule has 51 heavy (non-hydrogen) atoms. The number of rotatable bonds is 20. The van der Waals surface area contributed by atoms with Crippen LogP contribution in [0.1, 0.15) is 76.3 Å². The second-order valence-electron chi connectivity index (χ2n) is 14.2. The van der Waals surface area contributed by atoms with Crippen LogP contribution in [0.25, 0.3) is 0 Å². The maximum absolute atomic E-state index is 14.0. The molecule has 1 unspecified atom stereocenters. The summed E-state index contributed by atoms with van der Waals surface area (Å²) < 4.78 is 0. The molecular weight excluding hydrogens is 644 g/mol. The minimum absolute atomic E-state index is 0.0542. The van der Waals surface area contributed by atoms with Crippen molar-refractivity contribution in [2.45, 2.75) is 102 Å². The Kier molecular flexibility index (Phi) is 17.6. The molecule has 1 aliphatic rings. The average Bonchev–Trinajstić information content (AvgIpc) is 3.36. The standard InChI is InChI=1S/C39H60N8O4/c1-27(2)24-33(37(49)44-32(17-10-21-43-3)39(51)47-22-11-16-28(20-23-47)18-19-35(41)42)46-38(50)34(26-30-14-8-5-9-15-30)45-36(48)31(40)25-29-12-6-4-7-13-29/h4-9,12-15,27-28,31-34,43H,10-11,16-26,40H2,1-3H3,(H3,41,42)(H,44,49)(H,45,48)(H,46,50)/t28?,31-,32-,33-,34-/m1/s1. The third-order valence-corrected chi connectivity index (χ3v) is 9.41. The van der Waals surface area contributed by atoms with Crippen LogP contribution in [0.15, 0.2) is 60.7 Å². The quantitative estimate of drug-likeness (QED) is 0.0625. The summed E-state index contributed by atoms with van der Waals surface area (Å²) in [7, 11) is 1.85. The van der Waals surface area contributed by atoms with Crippen molar-refractivity contribution in [1.29, 1.82) is 5.41 Å². The van der Waals surface area contributed by atoms with E-state index >= 15 is 0 Å². The van der Waals surface area contributed by atoms with E-state index < -0.39 is 41.9 Å². The molecule has 280 valence electrons. The molecule has 0 spiro atoms. The van der Waals surface area contributed by atoms with E-state index in [1.807, 2.05) is 86.5 Å². The fourth-order valence-electron chi connectivity index (χ4n) is 6.54. The summed E-state index contributed by atoms with van der Waals surface area (Å²) in [5.41, 5.74) is 13.6. The molecule has 0 aromatic heterocycles. The van der Waals surface area contributed by atoms with Gasteiger partial charge in [-0.2, -0.15) is 0 Å². The largest absolute Gasteiger partial charge is 0.388 e. The van der Waals surface area contributed by atoms with E-state index in [1.54, 1.807) is 0 Å². The van der Waals surface area contributed by atoms with Crippen LogP contribution in [0.5, 0.6) is 0 Å². The van der Waals surface area contributed by atoms with Crippen LogP contribution in [0.2, 0.25) is 0 Å². The molecule has 12 heteroatoms. The molecule has 2 aromatic carbocycles. The minimum atomic E-state index is -0.981. The zero-order valence-corrected chi connectivity index (χ0v) is 30.7. The van der Waals surface area contributed by atoms with Gasteiger partial charge in [0.2, 0.25) is 23.6 Å². The zero-order chi connectivity index (χ0) is 37.2. The predicted molar refractivity (Wildman–Crippen MR) is 202 cm³/mol. The summed E-state index contributed by atoms with van der Waals surface area (Å²) in [5, 5.41) is 19.5. The topological polar surface area (TPSA) is 196 Å². The molecular formula is C39H60N8O4. The summed E-state index contributed by atoms with van der Waals surface area (Å²) in [5.74, 6) is -0.881. The van der Waals surface area contributed by atoms with Crippen molar-refractivity contribution in [3.63, 3.8) is 0 Å². The van der Waals surface area contributed by atoms with E-state index in [9.17, 15) is 19.2 Å². The number of amidine groups is 1. The van der Waals surface area contributed by atoms with Gasteiger partial charge in [0.1, 0.15) is 18.1 Å². The molecule has 2 aromatic rings. The van der Waals surface area contributed by atoms with Gasteiger partial charge in [0.15, 0.2) is 0 Å². The van der Waals surface area contributed by atoms with Gasteiger partial charge < -0.3 is 37.6 Å². The highest BCUT2D eigenvalue weighted by atomic mass is 16.2. The van der Waals surface area contributed by atoms with Gasteiger partial charge in [-0.15, -0.1) is 0 Å². The monoisotopic (exact) mass is 704 g/mol. The third-order valence-electron chi connectivity index (χ3n) is 9.41. The zero-order valence-electron chi connectivity index (χ0n) is 30.7. The molecule has 1 saturated heterocycles. The number of amides is 4. The SMILES string of the molecule is CNCCC[C@@H](NC(=O)[C@@H](CC(C)C)NC(=O)[C@@H](Cc1ccccc1)NC(=O)[C@H](N)Cc1ccccc1)C(=O)N1CCCC(CCC(=N)N)CC1. The van der Waals surface area contributed by atoms with Crippen molar-refractivity contribution in [1.82, 2.24) is 26.2 Å². The molecule has 1 aliphatic heterocycles. The Labute approximate surface area is 303 Å². The van der Waals surface area contributed by atoms with E-state index in [2.05, 4.69) is 21.3 Å². The molecule has 0 aliphatic carbocycles. The molecule has 1 heterocycles. The van der Waals surface area contributed by atoms with Crippen LogP contribution in [0.4, 0.5) is 0 Å². The van der Waals surface area contributed by atoms with Crippen molar-refractivity contribution in [2.24, 2.45) is 23.3 Å². The second kappa shape index (κ2) is 21.8. The maximum Gasteiger partial charge on any atom is 0.245 e. The molecule has 4 amide bonds. The average molecular weight is 705 g/mol. The second-order valence-corrected chi connectivity index (χ2v) is 14.2. The smallest absolute Gasteiger partial charge is 0.245 e. The first-order valence-corrected chi connectivity index (χ1v) is 18.5. The normalized spacial score (nSPS) is 17.0. The fraction of sp³-hybridized carbons (Fsp3) is 0.564. The highest BCUT2D eigenvalue weighted by Crippen LogP contribution is 2.23. The first-order chi connectivity index (χ1) is 24.5. The first-order valence-electron chi connectivity index (χ1n) is 18.5.